The molecule has 2 N–H and O–H groups in total. The third-order valence-electron chi connectivity index (χ3n) is 2.49. The van der Waals surface area contributed by atoms with E-state index in [1.165, 1.54) is 6.07 Å². The molecular formula is C12H13FN2S. The monoisotopic (exact) mass is 236 g/mol. The van der Waals surface area contributed by atoms with Crippen molar-refractivity contribution in [2.24, 2.45) is 5.73 Å². The van der Waals surface area contributed by atoms with Gasteiger partial charge in [-0.25, -0.2) is 9.37 Å². The van der Waals surface area contributed by atoms with Gasteiger partial charge in [0.25, 0.3) is 0 Å². The summed E-state index contributed by atoms with van der Waals surface area (Å²) >= 11 is 1.57. The van der Waals surface area contributed by atoms with E-state index >= 15 is 0 Å². The van der Waals surface area contributed by atoms with Crippen LogP contribution in [0.2, 0.25) is 0 Å². The first-order chi connectivity index (χ1) is 7.58. The van der Waals surface area contributed by atoms with Gasteiger partial charge in [0, 0.05) is 11.1 Å². The second-order valence-corrected chi connectivity index (χ2v) is 5.03. The lowest BCUT2D eigenvalue weighted by Gasteiger charge is -2.10. The van der Waals surface area contributed by atoms with Gasteiger partial charge in [-0.3, -0.25) is 0 Å². The zero-order valence-electron chi connectivity index (χ0n) is 9.20. The Bertz CT molecular complexity index is 507. The van der Waals surface area contributed by atoms with E-state index in [-0.39, 0.29) is 11.9 Å². The minimum atomic E-state index is -0.217. The minimum absolute atomic E-state index is 0.198. The lowest BCUT2D eigenvalue weighted by Crippen LogP contribution is -2.10. The number of hydrogen-bond donors (Lipinski definition) is 1. The summed E-state index contributed by atoms with van der Waals surface area (Å²) in [5.41, 5.74) is 7.64. The van der Waals surface area contributed by atoms with Gasteiger partial charge >= 0.3 is 0 Å². The fourth-order valence-corrected chi connectivity index (χ4v) is 2.36. The molecule has 0 aliphatic heterocycles. The van der Waals surface area contributed by atoms with Crippen molar-refractivity contribution < 1.29 is 4.39 Å². The second-order valence-electron chi connectivity index (χ2n) is 3.77. The number of nitrogens with two attached hydrogens (primary N) is 1. The van der Waals surface area contributed by atoms with Crippen molar-refractivity contribution >= 4 is 11.3 Å². The number of nitrogens with zero attached hydrogens (tertiary/aromatic N) is 1. The highest BCUT2D eigenvalue weighted by Gasteiger charge is 2.12. The summed E-state index contributed by atoms with van der Waals surface area (Å²) in [6.45, 7) is 3.68. The molecule has 0 amide bonds. The van der Waals surface area contributed by atoms with Gasteiger partial charge in [-0.1, -0.05) is 12.1 Å². The van der Waals surface area contributed by atoms with E-state index in [1.807, 2.05) is 6.92 Å². The molecule has 0 aliphatic rings. The SMILES string of the molecule is Cc1ncc(C(N)c2ccc(F)c(C)c2)s1. The molecule has 0 spiro atoms. The molecule has 0 saturated carbocycles. The topological polar surface area (TPSA) is 38.9 Å². The number of aryl methyl sites for hydroxylation is 2. The van der Waals surface area contributed by atoms with Crippen LogP contribution in [0.5, 0.6) is 0 Å². The van der Waals surface area contributed by atoms with Crippen LogP contribution in [0.4, 0.5) is 4.39 Å². The maximum absolute atomic E-state index is 13.1. The van der Waals surface area contributed by atoms with Crippen LogP contribution < -0.4 is 5.73 Å². The van der Waals surface area contributed by atoms with Gasteiger partial charge in [0.15, 0.2) is 0 Å². The van der Waals surface area contributed by atoms with Crippen LogP contribution in [0.15, 0.2) is 24.4 Å². The standard InChI is InChI=1S/C12H13FN2S/c1-7-5-9(3-4-10(7)13)12(14)11-6-15-8(2)16-11/h3-6,12H,14H2,1-2H3. The van der Waals surface area contributed by atoms with Crippen LogP contribution in [-0.2, 0) is 0 Å². The lowest BCUT2D eigenvalue weighted by molar-refractivity contribution is 0.617. The van der Waals surface area contributed by atoms with Crippen LogP contribution in [0, 0.1) is 19.7 Å². The Labute approximate surface area is 97.9 Å². The molecule has 0 bridgehead atoms. The number of rotatable bonds is 2. The Morgan fingerprint density at radius 2 is 2.12 bits per heavy atom. The van der Waals surface area contributed by atoms with Crippen molar-refractivity contribution in [2.75, 3.05) is 0 Å². The van der Waals surface area contributed by atoms with Crippen LogP contribution in [-0.4, -0.2) is 4.98 Å². The number of halogens is 1. The number of benzene rings is 1. The van der Waals surface area contributed by atoms with Crippen molar-refractivity contribution in [1.29, 1.82) is 0 Å². The minimum Gasteiger partial charge on any atom is -0.320 e. The summed E-state index contributed by atoms with van der Waals surface area (Å²) in [7, 11) is 0. The molecule has 2 nitrogen and oxygen atoms in total. The predicted octanol–water partition coefficient (Wildman–Crippen LogP) is 2.95. The molecule has 1 heterocycles. The fraction of sp³-hybridized carbons (Fsp3) is 0.250. The largest absolute Gasteiger partial charge is 0.320 e. The summed E-state index contributed by atoms with van der Waals surface area (Å²) in [4.78, 5) is 5.17. The van der Waals surface area contributed by atoms with Gasteiger partial charge in [0.05, 0.1) is 11.0 Å². The summed E-state index contributed by atoms with van der Waals surface area (Å²) in [5, 5.41) is 0.990. The Hall–Kier alpha value is -1.26. The van der Waals surface area contributed by atoms with Crippen LogP contribution >= 0.6 is 11.3 Å². The second kappa shape index (κ2) is 4.31. The van der Waals surface area contributed by atoms with Crippen LogP contribution in [0.1, 0.15) is 27.1 Å². The Kier molecular flexibility index (Phi) is 3.03. The molecule has 4 heteroatoms. The molecule has 2 rings (SSSR count). The first kappa shape index (κ1) is 11.2. The first-order valence-corrected chi connectivity index (χ1v) is 5.83. The molecule has 0 saturated heterocycles. The van der Waals surface area contributed by atoms with E-state index in [4.69, 9.17) is 5.73 Å². The summed E-state index contributed by atoms with van der Waals surface area (Å²) in [5.74, 6) is -0.198. The van der Waals surface area contributed by atoms with Crippen molar-refractivity contribution in [2.45, 2.75) is 19.9 Å². The van der Waals surface area contributed by atoms with Gasteiger partial charge in [-0.2, -0.15) is 0 Å². The van der Waals surface area contributed by atoms with Crippen molar-refractivity contribution in [3.63, 3.8) is 0 Å². The fourth-order valence-electron chi connectivity index (χ4n) is 1.55. The van der Waals surface area contributed by atoms with E-state index in [2.05, 4.69) is 4.98 Å². The zero-order valence-corrected chi connectivity index (χ0v) is 10.0. The van der Waals surface area contributed by atoms with Crippen LogP contribution in [0.3, 0.4) is 0 Å². The van der Waals surface area contributed by atoms with Crippen molar-refractivity contribution in [3.05, 3.63) is 51.2 Å². The van der Waals surface area contributed by atoms with E-state index in [0.29, 0.717) is 5.56 Å². The molecule has 1 aromatic heterocycles. The Morgan fingerprint density at radius 1 is 1.38 bits per heavy atom. The summed E-state index contributed by atoms with van der Waals surface area (Å²) < 4.78 is 13.1. The number of aromatic nitrogens is 1. The van der Waals surface area contributed by atoms with Crippen molar-refractivity contribution in [3.8, 4) is 0 Å². The smallest absolute Gasteiger partial charge is 0.126 e. The molecule has 1 atom stereocenters. The third kappa shape index (κ3) is 2.13. The Balaban J connectivity index is 2.33. The molecular weight excluding hydrogens is 223 g/mol. The average Bonchev–Trinajstić information content (AvgIpc) is 2.68. The molecule has 84 valence electrons. The highest BCUT2D eigenvalue weighted by molar-refractivity contribution is 7.11. The highest BCUT2D eigenvalue weighted by Crippen LogP contribution is 2.25. The third-order valence-corrected chi connectivity index (χ3v) is 3.48. The van der Waals surface area contributed by atoms with Gasteiger partial charge in [-0.05, 0) is 31.0 Å². The van der Waals surface area contributed by atoms with E-state index < -0.39 is 0 Å². The number of hydrogen-bond acceptors (Lipinski definition) is 3. The maximum Gasteiger partial charge on any atom is 0.126 e. The highest BCUT2D eigenvalue weighted by atomic mass is 32.1. The first-order valence-electron chi connectivity index (χ1n) is 5.02. The van der Waals surface area contributed by atoms with Crippen molar-refractivity contribution in [1.82, 2.24) is 4.98 Å². The molecule has 1 aromatic carbocycles. The summed E-state index contributed by atoms with van der Waals surface area (Å²) in [6, 6.07) is 4.75. The molecule has 0 radical (unpaired) electrons. The predicted molar refractivity (Wildman–Crippen MR) is 64.0 cm³/mol. The quantitative estimate of drug-likeness (QED) is 0.870. The molecule has 16 heavy (non-hydrogen) atoms. The molecule has 0 aliphatic carbocycles. The molecule has 1 unspecified atom stereocenters. The normalized spacial score (nSPS) is 12.8. The molecule has 0 fully saturated rings. The van der Waals surface area contributed by atoms with Gasteiger partial charge in [-0.15, -0.1) is 11.3 Å². The van der Waals surface area contributed by atoms with E-state index in [0.717, 1.165) is 15.4 Å². The van der Waals surface area contributed by atoms with Gasteiger partial charge in [0.1, 0.15) is 5.82 Å². The maximum atomic E-state index is 13.1. The summed E-state index contributed by atoms with van der Waals surface area (Å²) in [6.07, 6.45) is 1.78. The van der Waals surface area contributed by atoms with Gasteiger partial charge < -0.3 is 5.73 Å². The Morgan fingerprint density at radius 3 is 2.69 bits per heavy atom. The lowest BCUT2D eigenvalue weighted by atomic mass is 10.0. The zero-order chi connectivity index (χ0) is 11.7. The van der Waals surface area contributed by atoms with E-state index in [9.17, 15) is 4.39 Å². The number of thiazole rings is 1. The van der Waals surface area contributed by atoms with Gasteiger partial charge in [0.2, 0.25) is 0 Å². The van der Waals surface area contributed by atoms with E-state index in [1.54, 1.807) is 36.6 Å². The molecule has 2 aromatic rings. The average molecular weight is 236 g/mol. The van der Waals surface area contributed by atoms with Crippen LogP contribution in [0.25, 0.3) is 0 Å².